The van der Waals surface area contributed by atoms with Gasteiger partial charge in [0.1, 0.15) is 0 Å². The minimum atomic E-state index is 0. The van der Waals surface area contributed by atoms with Crippen molar-refractivity contribution in [1.82, 2.24) is 0 Å². The zero-order valence-corrected chi connectivity index (χ0v) is 8.02. The second kappa shape index (κ2) is 2.81. The van der Waals surface area contributed by atoms with E-state index in [-0.39, 0.29) is 6.65 Å². The molecule has 2 N–H and O–H groups in total. The summed E-state index contributed by atoms with van der Waals surface area (Å²) in [5, 5.41) is 0.137. The Balaban J connectivity index is 0.000000810. The van der Waals surface area contributed by atoms with E-state index in [2.05, 4.69) is 0 Å². The van der Waals surface area contributed by atoms with E-state index in [1.165, 1.54) is 19.3 Å². The van der Waals surface area contributed by atoms with Gasteiger partial charge in [-0.2, -0.15) is 0 Å². The van der Waals surface area contributed by atoms with Crippen molar-refractivity contribution < 1.29 is 6.16 Å². The summed E-state index contributed by atoms with van der Waals surface area (Å²) in [5.74, 6) is 0. The summed E-state index contributed by atoms with van der Waals surface area (Å²) < 4.78 is 5.55. The molecule has 1 saturated heterocycles. The van der Waals surface area contributed by atoms with Gasteiger partial charge in [0.15, 0.2) is 0 Å². The van der Waals surface area contributed by atoms with Crippen LogP contribution >= 0.6 is 0 Å². The molecule has 1 unspecified atom stereocenters. The Labute approximate surface area is 60.7 Å². The van der Waals surface area contributed by atoms with Gasteiger partial charge in [0.25, 0.3) is 0 Å². The average Bonchev–Trinajstić information content (AvgIpc) is 1.90. The molecule has 2 nitrogen and oxygen atoms in total. The lowest BCUT2D eigenvalue weighted by atomic mass is 10.1. The van der Waals surface area contributed by atoms with Gasteiger partial charge in [-0.3, -0.25) is 0 Å². The van der Waals surface area contributed by atoms with Crippen LogP contribution in [0.15, 0.2) is 0 Å². The topological polar surface area (TPSA) is 35.2 Å². The van der Waals surface area contributed by atoms with Crippen LogP contribution in [0.1, 0.15) is 20.7 Å². The van der Waals surface area contributed by atoms with Gasteiger partial charge in [0.05, 0.1) is 5.22 Å². The molecule has 0 spiro atoms. The lowest BCUT2D eigenvalue weighted by molar-refractivity contribution is -0.0109. The number of nitrogens with two attached hydrogens (primary N) is 1. The van der Waals surface area contributed by atoms with Crippen LogP contribution in [0.25, 0.3) is 0 Å². The van der Waals surface area contributed by atoms with Crippen molar-refractivity contribution >= 4 is 10.2 Å². The largest absolute Gasteiger partial charge is 1.00 e. The highest BCUT2D eigenvalue weighted by atomic mass is 28.1. The van der Waals surface area contributed by atoms with Crippen LogP contribution in [0, 0.1) is 0 Å². The molecular formula is C6H16NOSi+. The number of hydrogen-bond donors (Lipinski definition) is 1. The van der Waals surface area contributed by atoms with Gasteiger partial charge >= 0.3 is 1.43 Å². The molecule has 1 aliphatic rings. The van der Waals surface area contributed by atoms with Crippen molar-refractivity contribution in [3.05, 3.63) is 0 Å². The molecule has 0 aromatic rings. The van der Waals surface area contributed by atoms with Crippen molar-refractivity contribution in [3.63, 3.8) is 0 Å². The Hall–Kier alpha value is 0.137. The number of hydrogen-bond acceptors (Lipinski definition) is 2. The highest BCUT2D eigenvalue weighted by Crippen LogP contribution is 2.19. The Morgan fingerprint density at radius 3 is 2.78 bits per heavy atom. The molecule has 54 valence electrons. The summed E-state index contributed by atoms with van der Waals surface area (Å²) >= 11 is 0. The molecule has 9 heavy (non-hydrogen) atoms. The molecule has 1 fully saturated rings. The van der Waals surface area contributed by atoms with Crippen molar-refractivity contribution in [2.45, 2.75) is 24.5 Å². The van der Waals surface area contributed by atoms with Crippen molar-refractivity contribution in [1.29, 1.82) is 0 Å². The van der Waals surface area contributed by atoms with Crippen molar-refractivity contribution in [2.24, 2.45) is 5.73 Å². The lowest BCUT2D eigenvalue weighted by Gasteiger charge is -2.32. The van der Waals surface area contributed by atoms with E-state index in [0.717, 1.165) is 23.4 Å². The zero-order chi connectivity index (χ0) is 6.74. The lowest BCUT2D eigenvalue weighted by Crippen LogP contribution is -2.43. The molecule has 0 aromatic heterocycles. The smallest absolute Gasteiger partial charge is 0.378 e. The van der Waals surface area contributed by atoms with Gasteiger partial charge in [0.2, 0.25) is 0 Å². The molecule has 0 radical (unpaired) electrons. The van der Waals surface area contributed by atoms with Crippen LogP contribution in [0.2, 0.25) is 0 Å². The predicted octanol–water partition coefficient (Wildman–Crippen LogP) is -0.680. The highest BCUT2D eigenvalue weighted by Gasteiger charge is 2.25. The molecule has 0 aromatic carbocycles. The first-order chi connectivity index (χ1) is 4.27. The third kappa shape index (κ3) is 1.78. The summed E-state index contributed by atoms with van der Waals surface area (Å²) in [6, 6.07) is 0. The highest BCUT2D eigenvalue weighted by molar-refractivity contribution is 6.14. The minimum absolute atomic E-state index is 0. The van der Waals surface area contributed by atoms with Crippen LogP contribution in [0.3, 0.4) is 0 Å². The fourth-order valence-corrected chi connectivity index (χ4v) is 1.71. The van der Waals surface area contributed by atoms with Crippen LogP contribution in [-0.2, 0) is 4.74 Å². The summed E-state index contributed by atoms with van der Waals surface area (Å²) in [4.78, 5) is 0. The summed E-state index contributed by atoms with van der Waals surface area (Å²) in [5.41, 5.74) is 5.55. The van der Waals surface area contributed by atoms with Gasteiger partial charge in [-0.25, -0.2) is 0 Å². The average molecular weight is 146 g/mol. The maximum atomic E-state index is 5.55. The SMILES string of the molecule is NCC1([SiH3])CCCCO1.[H+]. The summed E-state index contributed by atoms with van der Waals surface area (Å²) in [6.45, 7) is 1.65. The summed E-state index contributed by atoms with van der Waals surface area (Å²) in [7, 11) is 1.08. The molecule has 0 saturated carbocycles. The monoisotopic (exact) mass is 146 g/mol. The van der Waals surface area contributed by atoms with E-state index in [1.54, 1.807) is 0 Å². The zero-order valence-electron chi connectivity index (χ0n) is 7.02. The van der Waals surface area contributed by atoms with Crippen LogP contribution in [-0.4, -0.2) is 28.6 Å². The van der Waals surface area contributed by atoms with Crippen molar-refractivity contribution in [3.8, 4) is 0 Å². The molecule has 1 aliphatic heterocycles. The minimum Gasteiger partial charge on any atom is -0.378 e. The maximum Gasteiger partial charge on any atom is 1.00 e. The Bertz CT molecular complexity index is 95.7. The maximum absolute atomic E-state index is 5.55. The molecule has 1 heterocycles. The first-order valence-corrected chi connectivity index (χ1v) is 4.61. The van der Waals surface area contributed by atoms with Gasteiger partial charge in [-0.15, -0.1) is 0 Å². The standard InChI is InChI=1S/C6H15NOSi/c7-5-6(9)3-1-2-4-8-6/h1-5,7H2,9H3/p+1. The van der Waals surface area contributed by atoms with Gasteiger partial charge in [-0.1, -0.05) is 0 Å². The van der Waals surface area contributed by atoms with E-state index in [1.807, 2.05) is 0 Å². The van der Waals surface area contributed by atoms with Crippen LogP contribution in [0.5, 0.6) is 0 Å². The first-order valence-electron chi connectivity index (χ1n) is 3.61. The fraction of sp³-hybridized carbons (Fsp3) is 1.00. The van der Waals surface area contributed by atoms with E-state index in [4.69, 9.17) is 10.5 Å². The van der Waals surface area contributed by atoms with E-state index in [0.29, 0.717) is 0 Å². The molecular weight excluding hydrogens is 130 g/mol. The van der Waals surface area contributed by atoms with E-state index >= 15 is 0 Å². The number of rotatable bonds is 1. The fourth-order valence-electron chi connectivity index (χ4n) is 1.15. The Morgan fingerprint density at radius 2 is 2.44 bits per heavy atom. The quantitative estimate of drug-likeness (QED) is 0.498. The first kappa shape index (κ1) is 7.25. The molecule has 0 amide bonds. The van der Waals surface area contributed by atoms with E-state index in [9.17, 15) is 0 Å². The van der Waals surface area contributed by atoms with Crippen LogP contribution in [0.4, 0.5) is 0 Å². The molecule has 1 rings (SSSR count). The van der Waals surface area contributed by atoms with Gasteiger partial charge in [0, 0.05) is 23.4 Å². The van der Waals surface area contributed by atoms with Crippen molar-refractivity contribution in [2.75, 3.05) is 13.2 Å². The molecule has 0 bridgehead atoms. The van der Waals surface area contributed by atoms with Gasteiger partial charge in [-0.05, 0) is 19.3 Å². The Kier molecular flexibility index (Phi) is 2.27. The predicted molar refractivity (Wildman–Crippen MR) is 42.6 cm³/mol. The molecule has 0 aliphatic carbocycles. The second-order valence-electron chi connectivity index (χ2n) is 2.96. The molecule has 1 atom stereocenters. The second-order valence-corrected chi connectivity index (χ2v) is 4.78. The third-order valence-corrected chi connectivity index (χ3v) is 3.18. The molecule has 3 heteroatoms. The van der Waals surface area contributed by atoms with Gasteiger partial charge < -0.3 is 10.5 Å². The normalized spacial score (nSPS) is 37.0. The third-order valence-electron chi connectivity index (χ3n) is 1.98. The summed E-state index contributed by atoms with van der Waals surface area (Å²) in [6.07, 6.45) is 3.72. The van der Waals surface area contributed by atoms with Crippen LogP contribution < -0.4 is 5.73 Å². The number of ether oxygens (including phenoxy) is 1. The Morgan fingerprint density at radius 1 is 1.67 bits per heavy atom. The van der Waals surface area contributed by atoms with E-state index < -0.39 is 0 Å².